The van der Waals surface area contributed by atoms with Gasteiger partial charge in [0.25, 0.3) is 0 Å². The van der Waals surface area contributed by atoms with Crippen molar-refractivity contribution in [1.29, 1.82) is 0 Å². The molecule has 0 saturated heterocycles. The van der Waals surface area contributed by atoms with Crippen molar-refractivity contribution >= 4 is 11.6 Å². The van der Waals surface area contributed by atoms with Crippen LogP contribution in [0.15, 0.2) is 78.9 Å². The van der Waals surface area contributed by atoms with E-state index in [4.69, 9.17) is 4.74 Å². The quantitative estimate of drug-likeness (QED) is 0.530. The van der Waals surface area contributed by atoms with Crippen LogP contribution in [0.4, 0.5) is 5.69 Å². The van der Waals surface area contributed by atoms with E-state index in [1.54, 1.807) is 7.11 Å². The number of carbonyl (C=O) groups is 1. The molecule has 154 valence electrons. The lowest BCUT2D eigenvalue weighted by molar-refractivity contribution is -0.118. The van der Waals surface area contributed by atoms with E-state index in [9.17, 15) is 4.79 Å². The van der Waals surface area contributed by atoms with E-state index >= 15 is 0 Å². The molecule has 1 aliphatic rings. The summed E-state index contributed by atoms with van der Waals surface area (Å²) in [6.07, 6.45) is 2.36. The lowest BCUT2D eigenvalue weighted by atomic mass is 9.98. The van der Waals surface area contributed by atoms with Crippen molar-refractivity contribution in [3.63, 3.8) is 0 Å². The Balaban J connectivity index is 1.63. The minimum absolute atomic E-state index is 0.0910. The van der Waals surface area contributed by atoms with Gasteiger partial charge in [0.15, 0.2) is 0 Å². The zero-order valence-corrected chi connectivity index (χ0v) is 17.5. The van der Waals surface area contributed by atoms with Gasteiger partial charge in [-0.2, -0.15) is 0 Å². The number of nitrogens with one attached hydrogen (secondary N) is 2. The van der Waals surface area contributed by atoms with E-state index in [1.807, 2.05) is 61.5 Å². The third-order valence-electron chi connectivity index (χ3n) is 5.61. The molecule has 4 nitrogen and oxygen atoms in total. The summed E-state index contributed by atoms with van der Waals surface area (Å²) in [6.45, 7) is 2.00. The first-order valence-electron chi connectivity index (χ1n) is 10.5. The molecule has 4 heteroatoms. The molecule has 3 aromatic carbocycles. The van der Waals surface area contributed by atoms with Gasteiger partial charge >= 0.3 is 0 Å². The van der Waals surface area contributed by atoms with Crippen molar-refractivity contribution in [3.8, 4) is 5.75 Å². The number of rotatable bonds is 8. The van der Waals surface area contributed by atoms with Crippen molar-refractivity contribution < 1.29 is 9.53 Å². The van der Waals surface area contributed by atoms with Gasteiger partial charge < -0.3 is 10.1 Å². The van der Waals surface area contributed by atoms with Crippen LogP contribution in [0.25, 0.3) is 0 Å². The molecule has 0 bridgehead atoms. The van der Waals surface area contributed by atoms with Crippen molar-refractivity contribution in [2.75, 3.05) is 12.4 Å². The summed E-state index contributed by atoms with van der Waals surface area (Å²) in [6, 6.07) is 25.8. The van der Waals surface area contributed by atoms with E-state index in [1.165, 1.54) is 18.4 Å². The molecule has 2 N–H and O–H groups in total. The first-order chi connectivity index (χ1) is 14.7. The van der Waals surface area contributed by atoms with Crippen LogP contribution in [-0.4, -0.2) is 13.0 Å². The molecule has 30 heavy (non-hydrogen) atoms. The van der Waals surface area contributed by atoms with E-state index in [2.05, 4.69) is 34.9 Å². The number of methoxy groups -OCH3 is 1. The lowest BCUT2D eigenvalue weighted by Crippen LogP contribution is -2.36. The van der Waals surface area contributed by atoms with Crippen LogP contribution < -0.4 is 15.4 Å². The molecule has 0 aliphatic heterocycles. The maximum Gasteiger partial charge on any atom is 0.246 e. The molecule has 0 aromatic heterocycles. The highest BCUT2D eigenvalue weighted by molar-refractivity contribution is 5.97. The molecule has 1 fully saturated rings. The number of hydrogen-bond acceptors (Lipinski definition) is 3. The minimum atomic E-state index is -0.470. The second kappa shape index (κ2) is 9.14. The summed E-state index contributed by atoms with van der Waals surface area (Å²) in [5, 5.41) is 6.76. The van der Waals surface area contributed by atoms with Gasteiger partial charge in [-0.15, -0.1) is 0 Å². The average molecular weight is 401 g/mol. The second-order valence-electron chi connectivity index (χ2n) is 7.93. The van der Waals surface area contributed by atoms with Crippen LogP contribution >= 0.6 is 0 Å². The van der Waals surface area contributed by atoms with Crippen LogP contribution in [0, 0.1) is 12.8 Å². The van der Waals surface area contributed by atoms with E-state index in [0.29, 0.717) is 17.4 Å². The van der Waals surface area contributed by atoms with Crippen molar-refractivity contribution in [2.45, 2.75) is 31.8 Å². The predicted molar refractivity (Wildman–Crippen MR) is 121 cm³/mol. The molecular weight excluding hydrogens is 372 g/mol. The number of carbonyl (C=O) groups excluding carboxylic acids is 1. The largest absolute Gasteiger partial charge is 0.495 e. The van der Waals surface area contributed by atoms with Gasteiger partial charge in [-0.25, -0.2) is 0 Å². The molecule has 1 saturated carbocycles. The second-order valence-corrected chi connectivity index (χ2v) is 7.93. The van der Waals surface area contributed by atoms with Gasteiger partial charge in [0.2, 0.25) is 5.91 Å². The molecule has 2 unspecified atom stereocenters. The lowest BCUT2D eigenvalue weighted by Gasteiger charge is -2.26. The van der Waals surface area contributed by atoms with Gasteiger partial charge in [0.05, 0.1) is 12.8 Å². The Hall–Kier alpha value is -3.11. The molecular formula is C26H28N2O2. The predicted octanol–water partition coefficient (Wildman–Crippen LogP) is 5.42. The van der Waals surface area contributed by atoms with Crippen molar-refractivity contribution in [1.82, 2.24) is 5.32 Å². The Morgan fingerprint density at radius 3 is 2.17 bits per heavy atom. The monoisotopic (exact) mass is 400 g/mol. The minimum Gasteiger partial charge on any atom is -0.495 e. The fraction of sp³-hybridized carbons (Fsp3) is 0.269. The molecule has 1 amide bonds. The molecule has 0 spiro atoms. The number of benzene rings is 3. The number of amides is 1. The highest BCUT2D eigenvalue weighted by atomic mass is 16.5. The Morgan fingerprint density at radius 2 is 1.57 bits per heavy atom. The average Bonchev–Trinajstić information content (AvgIpc) is 3.61. The standard InChI is InChI=1S/C26H28N2O2/c1-18-13-16-23(30-2)22(17-18)27-26(29)25(20-11-7-4-8-12-20)28-24(21-14-15-21)19-9-5-3-6-10-19/h3-13,16-17,21,24-25,28H,14-15H2,1-2H3,(H,27,29). The fourth-order valence-electron chi connectivity index (χ4n) is 3.87. The molecule has 0 heterocycles. The molecule has 4 rings (SSSR count). The van der Waals surface area contributed by atoms with Crippen molar-refractivity contribution in [3.05, 3.63) is 95.6 Å². The van der Waals surface area contributed by atoms with E-state index in [0.717, 1.165) is 11.1 Å². The first-order valence-corrected chi connectivity index (χ1v) is 10.5. The Labute approximate surface area is 178 Å². The van der Waals surface area contributed by atoms with Crippen molar-refractivity contribution in [2.24, 2.45) is 5.92 Å². The van der Waals surface area contributed by atoms with Gasteiger partial charge in [-0.05, 0) is 54.5 Å². The maximum absolute atomic E-state index is 13.5. The Morgan fingerprint density at radius 1 is 0.933 bits per heavy atom. The summed E-state index contributed by atoms with van der Waals surface area (Å²) >= 11 is 0. The maximum atomic E-state index is 13.5. The SMILES string of the molecule is COc1ccc(C)cc1NC(=O)C(NC(c1ccccc1)C1CC1)c1ccccc1. The number of ether oxygens (including phenoxy) is 1. The highest BCUT2D eigenvalue weighted by Crippen LogP contribution is 2.42. The highest BCUT2D eigenvalue weighted by Gasteiger charge is 2.35. The Bertz CT molecular complexity index is 984. The fourth-order valence-corrected chi connectivity index (χ4v) is 3.87. The zero-order valence-electron chi connectivity index (χ0n) is 17.5. The third-order valence-corrected chi connectivity index (χ3v) is 5.61. The summed E-state index contributed by atoms with van der Waals surface area (Å²) in [5.74, 6) is 1.12. The van der Waals surface area contributed by atoms with Gasteiger partial charge in [0, 0.05) is 6.04 Å². The van der Waals surface area contributed by atoms with E-state index in [-0.39, 0.29) is 11.9 Å². The van der Waals surface area contributed by atoms with Gasteiger partial charge in [-0.1, -0.05) is 66.7 Å². The molecule has 1 aliphatic carbocycles. The van der Waals surface area contributed by atoms with Crippen LogP contribution in [0.2, 0.25) is 0 Å². The molecule has 3 aromatic rings. The molecule has 0 radical (unpaired) electrons. The number of hydrogen-bond donors (Lipinski definition) is 2. The van der Waals surface area contributed by atoms with Gasteiger partial charge in [-0.3, -0.25) is 10.1 Å². The zero-order chi connectivity index (χ0) is 20.9. The number of aryl methyl sites for hydroxylation is 1. The summed E-state index contributed by atoms with van der Waals surface area (Å²) in [4.78, 5) is 13.5. The molecule has 2 atom stereocenters. The number of anilines is 1. The summed E-state index contributed by atoms with van der Waals surface area (Å²) in [7, 11) is 1.62. The Kier molecular flexibility index (Phi) is 6.15. The topological polar surface area (TPSA) is 50.4 Å². The summed E-state index contributed by atoms with van der Waals surface area (Å²) in [5.41, 5.74) is 3.92. The normalized spacial score (nSPS) is 15.3. The first kappa shape index (κ1) is 20.2. The van der Waals surface area contributed by atoms with Crippen LogP contribution in [0.5, 0.6) is 5.75 Å². The van der Waals surface area contributed by atoms with Crippen LogP contribution in [0.3, 0.4) is 0 Å². The smallest absolute Gasteiger partial charge is 0.246 e. The summed E-state index contributed by atoms with van der Waals surface area (Å²) < 4.78 is 5.45. The van der Waals surface area contributed by atoms with E-state index < -0.39 is 6.04 Å². The van der Waals surface area contributed by atoms with Crippen LogP contribution in [-0.2, 0) is 4.79 Å². The third kappa shape index (κ3) is 4.71. The van der Waals surface area contributed by atoms with Crippen LogP contribution in [0.1, 0.15) is 41.6 Å². The van der Waals surface area contributed by atoms with Gasteiger partial charge in [0.1, 0.15) is 11.8 Å².